The molecule has 0 amide bonds. The smallest absolute Gasteiger partial charge is 0.252 e. The van der Waals surface area contributed by atoms with Crippen LogP contribution in [0.5, 0.6) is 11.5 Å². The first-order valence-corrected chi connectivity index (χ1v) is 10.6. The van der Waals surface area contributed by atoms with Crippen molar-refractivity contribution in [1.82, 2.24) is 9.97 Å². The molecule has 1 aromatic heterocycles. The van der Waals surface area contributed by atoms with E-state index < -0.39 is 0 Å². The maximum Gasteiger partial charge on any atom is 0.252 e. The van der Waals surface area contributed by atoms with Crippen LogP contribution in [0.25, 0.3) is 11.3 Å². The van der Waals surface area contributed by atoms with Crippen molar-refractivity contribution in [1.29, 1.82) is 0 Å². The van der Waals surface area contributed by atoms with Crippen LogP contribution in [0.4, 0.5) is 5.95 Å². The predicted octanol–water partition coefficient (Wildman–Crippen LogP) is 4.86. The van der Waals surface area contributed by atoms with Gasteiger partial charge >= 0.3 is 0 Å². The van der Waals surface area contributed by atoms with Gasteiger partial charge in [0.1, 0.15) is 6.61 Å². The predicted molar refractivity (Wildman–Crippen MR) is 130 cm³/mol. The summed E-state index contributed by atoms with van der Waals surface area (Å²) >= 11 is 0. The molecule has 4 aromatic rings. The van der Waals surface area contributed by atoms with Crippen molar-refractivity contribution in [2.45, 2.75) is 13.5 Å². The second-order valence-electron chi connectivity index (χ2n) is 7.13. The summed E-state index contributed by atoms with van der Waals surface area (Å²) in [6, 6.07) is 26.5. The summed E-state index contributed by atoms with van der Waals surface area (Å²) in [4.78, 5) is 19.1. The quantitative estimate of drug-likeness (QED) is 0.287. The first-order chi connectivity index (χ1) is 16.2. The van der Waals surface area contributed by atoms with Gasteiger partial charge in [0, 0.05) is 11.6 Å². The topological polar surface area (TPSA) is 88.6 Å². The molecule has 3 aromatic carbocycles. The van der Waals surface area contributed by atoms with E-state index in [1.807, 2.05) is 85.8 Å². The van der Waals surface area contributed by atoms with Crippen LogP contribution in [-0.2, 0) is 6.61 Å². The molecule has 0 fully saturated rings. The summed E-state index contributed by atoms with van der Waals surface area (Å²) in [6.45, 7) is 2.88. The Morgan fingerprint density at radius 2 is 1.70 bits per heavy atom. The van der Waals surface area contributed by atoms with Gasteiger partial charge in [-0.1, -0.05) is 60.7 Å². The average molecular weight is 441 g/mol. The lowest BCUT2D eigenvalue weighted by atomic mass is 10.1. The van der Waals surface area contributed by atoms with Gasteiger partial charge in [-0.2, -0.15) is 5.10 Å². The lowest BCUT2D eigenvalue weighted by Crippen LogP contribution is -2.10. The maximum atomic E-state index is 12.0. The van der Waals surface area contributed by atoms with Crippen LogP contribution in [0.1, 0.15) is 18.1 Å². The van der Waals surface area contributed by atoms with Crippen LogP contribution in [0.2, 0.25) is 0 Å². The Balaban J connectivity index is 1.46. The van der Waals surface area contributed by atoms with Gasteiger partial charge in [-0.15, -0.1) is 0 Å². The average Bonchev–Trinajstić information content (AvgIpc) is 2.85. The Morgan fingerprint density at radius 1 is 0.939 bits per heavy atom. The number of nitrogens with one attached hydrogen (secondary N) is 2. The number of benzene rings is 3. The van der Waals surface area contributed by atoms with Crippen molar-refractivity contribution in [2.75, 3.05) is 12.0 Å². The number of ether oxygens (including phenoxy) is 2. The van der Waals surface area contributed by atoms with Crippen LogP contribution in [-0.4, -0.2) is 22.8 Å². The van der Waals surface area contributed by atoms with Crippen LogP contribution in [0.3, 0.4) is 0 Å². The molecule has 0 radical (unpaired) electrons. The van der Waals surface area contributed by atoms with Crippen LogP contribution < -0.4 is 20.5 Å². The van der Waals surface area contributed by atoms with E-state index in [1.165, 1.54) is 6.07 Å². The Hall–Kier alpha value is -4.39. The SMILES string of the molecule is CCOc1cc(/C=N/Nc2nc(-c3ccccc3)cc(=O)[nH]2)ccc1OCc1ccccc1. The molecule has 0 aliphatic heterocycles. The fourth-order valence-corrected chi connectivity index (χ4v) is 3.16. The van der Waals surface area contributed by atoms with Gasteiger partial charge in [0.15, 0.2) is 11.5 Å². The molecule has 1 heterocycles. The Bertz CT molecular complexity index is 1270. The number of aromatic amines is 1. The van der Waals surface area contributed by atoms with Crippen molar-refractivity contribution < 1.29 is 9.47 Å². The van der Waals surface area contributed by atoms with Crippen molar-refractivity contribution in [3.8, 4) is 22.8 Å². The fraction of sp³-hybridized carbons (Fsp3) is 0.115. The van der Waals surface area contributed by atoms with Gasteiger partial charge in [-0.3, -0.25) is 9.78 Å². The summed E-state index contributed by atoms with van der Waals surface area (Å²) in [7, 11) is 0. The maximum absolute atomic E-state index is 12.0. The highest BCUT2D eigenvalue weighted by Gasteiger charge is 2.07. The van der Waals surface area contributed by atoms with Gasteiger partial charge < -0.3 is 9.47 Å². The number of hydrazone groups is 1. The molecule has 166 valence electrons. The standard InChI is InChI=1S/C26H24N4O3/c1-2-32-24-15-20(13-14-23(24)33-18-19-9-5-3-6-10-19)17-27-30-26-28-22(16-25(31)29-26)21-11-7-4-8-12-21/h3-17H,2,18H2,1H3,(H2,28,29,30,31)/b27-17+. The van der Waals surface area contributed by atoms with Crippen LogP contribution in [0.15, 0.2) is 94.8 Å². The number of nitrogens with zero attached hydrogens (tertiary/aromatic N) is 2. The molecule has 7 heteroatoms. The van der Waals surface area contributed by atoms with Crippen molar-refractivity contribution in [3.05, 3.63) is 106 Å². The second kappa shape index (κ2) is 10.8. The highest BCUT2D eigenvalue weighted by molar-refractivity contribution is 5.81. The summed E-state index contributed by atoms with van der Waals surface area (Å²) in [6.07, 6.45) is 1.62. The molecule has 0 aliphatic carbocycles. The minimum atomic E-state index is -0.264. The summed E-state index contributed by atoms with van der Waals surface area (Å²) < 4.78 is 11.7. The highest BCUT2D eigenvalue weighted by atomic mass is 16.5. The molecule has 0 unspecified atom stereocenters. The lowest BCUT2D eigenvalue weighted by Gasteiger charge is -2.12. The molecule has 0 aliphatic rings. The van der Waals surface area contributed by atoms with Crippen molar-refractivity contribution >= 4 is 12.2 Å². The molecule has 0 spiro atoms. The van der Waals surface area contributed by atoms with Crippen molar-refractivity contribution in [3.63, 3.8) is 0 Å². The molecule has 0 bridgehead atoms. The third kappa shape index (κ3) is 6.07. The van der Waals surface area contributed by atoms with E-state index in [2.05, 4.69) is 20.5 Å². The van der Waals surface area contributed by atoms with E-state index >= 15 is 0 Å². The Morgan fingerprint density at radius 3 is 2.45 bits per heavy atom. The van der Waals surface area contributed by atoms with E-state index in [0.717, 1.165) is 16.7 Å². The zero-order valence-electron chi connectivity index (χ0n) is 18.2. The van der Waals surface area contributed by atoms with Gasteiger partial charge in [0.25, 0.3) is 5.56 Å². The molecule has 0 saturated carbocycles. The van der Waals surface area contributed by atoms with E-state index in [1.54, 1.807) is 6.21 Å². The van der Waals surface area contributed by atoms with Gasteiger partial charge in [-0.05, 0) is 36.2 Å². The number of H-pyrrole nitrogens is 1. The summed E-state index contributed by atoms with van der Waals surface area (Å²) in [5.41, 5.74) is 5.82. The zero-order chi connectivity index (χ0) is 22.9. The largest absolute Gasteiger partial charge is 0.490 e. The van der Waals surface area contributed by atoms with E-state index in [0.29, 0.717) is 30.4 Å². The molecule has 7 nitrogen and oxygen atoms in total. The number of hydrogen-bond donors (Lipinski definition) is 2. The van der Waals surface area contributed by atoms with Crippen molar-refractivity contribution in [2.24, 2.45) is 5.10 Å². The van der Waals surface area contributed by atoms with Gasteiger partial charge in [0.05, 0.1) is 18.5 Å². The molecular formula is C26H24N4O3. The molecule has 0 saturated heterocycles. The lowest BCUT2D eigenvalue weighted by molar-refractivity contribution is 0.269. The zero-order valence-corrected chi connectivity index (χ0v) is 18.2. The number of anilines is 1. The van der Waals surface area contributed by atoms with E-state index in [9.17, 15) is 4.79 Å². The molecule has 0 atom stereocenters. The van der Waals surface area contributed by atoms with Crippen LogP contribution >= 0.6 is 0 Å². The van der Waals surface area contributed by atoms with E-state index in [-0.39, 0.29) is 11.5 Å². The third-order valence-electron chi connectivity index (χ3n) is 4.70. The molecule has 33 heavy (non-hydrogen) atoms. The first kappa shape index (κ1) is 21.8. The highest BCUT2D eigenvalue weighted by Crippen LogP contribution is 2.29. The molecular weight excluding hydrogens is 416 g/mol. The Kier molecular flexibility index (Phi) is 7.12. The summed E-state index contributed by atoms with van der Waals surface area (Å²) in [5.74, 6) is 1.55. The summed E-state index contributed by atoms with van der Waals surface area (Å²) in [5, 5.41) is 4.21. The molecule has 2 N–H and O–H groups in total. The second-order valence-corrected chi connectivity index (χ2v) is 7.13. The van der Waals surface area contributed by atoms with Gasteiger partial charge in [0.2, 0.25) is 5.95 Å². The number of hydrogen-bond acceptors (Lipinski definition) is 6. The number of rotatable bonds is 9. The third-order valence-corrected chi connectivity index (χ3v) is 4.70. The monoisotopic (exact) mass is 440 g/mol. The minimum absolute atomic E-state index is 0.255. The van der Waals surface area contributed by atoms with E-state index in [4.69, 9.17) is 9.47 Å². The first-order valence-electron chi connectivity index (χ1n) is 10.6. The molecule has 4 rings (SSSR count). The van der Waals surface area contributed by atoms with Crippen LogP contribution in [0, 0.1) is 0 Å². The Labute approximate surface area is 191 Å². The van der Waals surface area contributed by atoms with Gasteiger partial charge in [-0.25, -0.2) is 10.4 Å². The minimum Gasteiger partial charge on any atom is -0.490 e. The normalized spacial score (nSPS) is 10.8. The number of aromatic nitrogens is 2. The fourth-order valence-electron chi connectivity index (χ4n) is 3.16.